The number of alkyl halides is 1. The van der Waals surface area contributed by atoms with E-state index in [1.165, 1.54) is 0 Å². The first-order valence-electron chi connectivity index (χ1n) is 7.07. The molecule has 0 saturated carbocycles. The first kappa shape index (κ1) is 17.6. The van der Waals surface area contributed by atoms with Gasteiger partial charge in [0.1, 0.15) is 12.4 Å². The maximum absolute atomic E-state index is 12.0. The fourth-order valence-electron chi connectivity index (χ4n) is 1.74. The quantitative estimate of drug-likeness (QED) is 0.366. The van der Waals surface area contributed by atoms with E-state index in [0.717, 1.165) is 11.1 Å². The zero-order chi connectivity index (χ0) is 16.5. The Kier molecular flexibility index (Phi) is 7.17. The molecule has 0 aliphatic heterocycles. The molecule has 0 saturated heterocycles. The number of ether oxygens (including phenoxy) is 1. The molecular formula is C17H16Cl2FNO2. The molecule has 0 atom stereocenters. The lowest BCUT2D eigenvalue weighted by Crippen LogP contribution is -1.98. The van der Waals surface area contributed by atoms with Gasteiger partial charge in [-0.3, -0.25) is 4.39 Å². The van der Waals surface area contributed by atoms with Gasteiger partial charge in [0.25, 0.3) is 0 Å². The molecule has 2 rings (SSSR count). The maximum atomic E-state index is 12.0. The van der Waals surface area contributed by atoms with Crippen LogP contribution in [0.3, 0.4) is 0 Å². The molecule has 0 amide bonds. The molecule has 0 unspecified atom stereocenters. The molecule has 0 spiro atoms. The van der Waals surface area contributed by atoms with Crippen molar-refractivity contribution in [1.29, 1.82) is 0 Å². The van der Waals surface area contributed by atoms with E-state index in [1.54, 1.807) is 36.5 Å². The SMILES string of the molecule is FCCCOc1ccc(/C=N\OCc2ccc(Cl)cc2Cl)cc1. The summed E-state index contributed by atoms with van der Waals surface area (Å²) in [5, 5.41) is 5.02. The lowest BCUT2D eigenvalue weighted by molar-refractivity contribution is 0.132. The number of halogens is 3. The van der Waals surface area contributed by atoms with Crippen LogP contribution in [0.15, 0.2) is 47.6 Å². The Morgan fingerprint density at radius 1 is 1.09 bits per heavy atom. The zero-order valence-corrected chi connectivity index (χ0v) is 13.9. The van der Waals surface area contributed by atoms with Crippen molar-refractivity contribution in [2.45, 2.75) is 13.0 Å². The average molecular weight is 356 g/mol. The van der Waals surface area contributed by atoms with Crippen molar-refractivity contribution in [2.24, 2.45) is 5.16 Å². The highest BCUT2D eigenvalue weighted by Gasteiger charge is 2.01. The molecule has 2 aromatic rings. The van der Waals surface area contributed by atoms with Gasteiger partial charge < -0.3 is 9.57 Å². The standard InChI is InChI=1S/C17H16Cl2FNO2/c18-15-5-4-14(17(19)10-15)12-23-21-11-13-2-6-16(7-3-13)22-9-1-8-20/h2-7,10-11H,1,8-9,12H2/b21-11-. The highest BCUT2D eigenvalue weighted by atomic mass is 35.5. The normalized spacial score (nSPS) is 10.9. The lowest BCUT2D eigenvalue weighted by atomic mass is 10.2. The molecule has 0 radical (unpaired) electrons. The minimum atomic E-state index is -0.375. The van der Waals surface area contributed by atoms with Crippen LogP contribution in [0.1, 0.15) is 17.5 Å². The molecule has 0 N–H and O–H groups in total. The molecule has 0 aliphatic carbocycles. The molecule has 0 fully saturated rings. The summed E-state index contributed by atoms with van der Waals surface area (Å²) in [6.07, 6.45) is 1.99. The van der Waals surface area contributed by atoms with Crippen molar-refractivity contribution in [1.82, 2.24) is 0 Å². The van der Waals surface area contributed by atoms with Crippen molar-refractivity contribution < 1.29 is 14.0 Å². The fourth-order valence-corrected chi connectivity index (χ4v) is 2.20. The van der Waals surface area contributed by atoms with E-state index in [1.807, 2.05) is 12.1 Å². The van der Waals surface area contributed by atoms with Gasteiger partial charge in [0, 0.05) is 22.0 Å². The van der Waals surface area contributed by atoms with Crippen molar-refractivity contribution in [3.63, 3.8) is 0 Å². The highest BCUT2D eigenvalue weighted by molar-refractivity contribution is 6.35. The van der Waals surface area contributed by atoms with Gasteiger partial charge in [-0.15, -0.1) is 0 Å². The summed E-state index contributed by atoms with van der Waals surface area (Å²) in [4.78, 5) is 5.22. The second kappa shape index (κ2) is 9.38. The molecule has 6 heteroatoms. The number of hydrogen-bond acceptors (Lipinski definition) is 3. The van der Waals surface area contributed by atoms with Gasteiger partial charge in [-0.05, 0) is 42.0 Å². The topological polar surface area (TPSA) is 30.8 Å². The van der Waals surface area contributed by atoms with E-state index in [2.05, 4.69) is 5.16 Å². The van der Waals surface area contributed by atoms with Gasteiger partial charge in [-0.25, -0.2) is 0 Å². The summed E-state index contributed by atoms with van der Waals surface area (Å²) in [5.41, 5.74) is 1.68. The number of hydrogen-bond donors (Lipinski definition) is 0. The second-order valence-corrected chi connectivity index (χ2v) is 5.55. The molecule has 0 aromatic heterocycles. The lowest BCUT2D eigenvalue weighted by Gasteiger charge is -2.04. The van der Waals surface area contributed by atoms with Crippen LogP contribution in [0.4, 0.5) is 4.39 Å². The Balaban J connectivity index is 1.81. The van der Waals surface area contributed by atoms with Gasteiger partial charge in [0.05, 0.1) is 19.5 Å². The van der Waals surface area contributed by atoms with Gasteiger partial charge in [0.2, 0.25) is 0 Å². The highest BCUT2D eigenvalue weighted by Crippen LogP contribution is 2.21. The first-order valence-corrected chi connectivity index (χ1v) is 7.83. The first-order chi connectivity index (χ1) is 11.2. The van der Waals surface area contributed by atoms with Crippen LogP contribution in [0.25, 0.3) is 0 Å². The third-order valence-electron chi connectivity index (χ3n) is 2.94. The predicted octanol–water partition coefficient (Wildman–Crippen LogP) is 5.28. The minimum Gasteiger partial charge on any atom is -0.493 e. The summed E-state index contributed by atoms with van der Waals surface area (Å²) in [6, 6.07) is 12.5. The second-order valence-electron chi connectivity index (χ2n) is 4.70. The molecule has 0 heterocycles. The minimum absolute atomic E-state index is 0.261. The molecular weight excluding hydrogens is 340 g/mol. The number of nitrogens with zero attached hydrogens (tertiary/aromatic N) is 1. The van der Waals surface area contributed by atoms with E-state index in [4.69, 9.17) is 32.8 Å². The maximum Gasteiger partial charge on any atom is 0.143 e. The van der Waals surface area contributed by atoms with Crippen LogP contribution in [0, 0.1) is 0 Å². The largest absolute Gasteiger partial charge is 0.493 e. The third kappa shape index (κ3) is 6.08. The Hall–Kier alpha value is -1.78. The molecule has 3 nitrogen and oxygen atoms in total. The summed E-state index contributed by atoms with van der Waals surface area (Å²) in [6.45, 7) is 0.255. The molecule has 23 heavy (non-hydrogen) atoms. The number of benzene rings is 2. The summed E-state index contributed by atoms with van der Waals surface area (Å²) < 4.78 is 17.3. The number of rotatable bonds is 8. The van der Waals surface area contributed by atoms with E-state index in [-0.39, 0.29) is 13.3 Å². The van der Waals surface area contributed by atoms with Crippen LogP contribution in [0.2, 0.25) is 10.0 Å². The van der Waals surface area contributed by atoms with Gasteiger partial charge in [-0.1, -0.05) is 34.4 Å². The summed E-state index contributed by atoms with van der Waals surface area (Å²) in [7, 11) is 0. The molecule has 0 aliphatic rings. The summed E-state index contributed by atoms with van der Waals surface area (Å²) in [5.74, 6) is 0.699. The van der Waals surface area contributed by atoms with Crippen molar-refractivity contribution in [3.8, 4) is 5.75 Å². The Labute approximate surface area is 144 Å². The van der Waals surface area contributed by atoms with Crippen LogP contribution in [-0.4, -0.2) is 19.5 Å². The fraction of sp³-hybridized carbons (Fsp3) is 0.235. The van der Waals surface area contributed by atoms with E-state index < -0.39 is 0 Å². The van der Waals surface area contributed by atoms with Gasteiger partial charge >= 0.3 is 0 Å². The van der Waals surface area contributed by atoms with E-state index in [9.17, 15) is 4.39 Å². The van der Waals surface area contributed by atoms with Crippen molar-refractivity contribution >= 4 is 29.4 Å². The van der Waals surface area contributed by atoms with Gasteiger partial charge in [0.15, 0.2) is 0 Å². The Morgan fingerprint density at radius 3 is 2.57 bits per heavy atom. The Bertz CT molecular complexity index is 648. The molecule has 2 aromatic carbocycles. The van der Waals surface area contributed by atoms with Crippen LogP contribution >= 0.6 is 23.2 Å². The zero-order valence-electron chi connectivity index (χ0n) is 12.3. The van der Waals surface area contributed by atoms with Gasteiger partial charge in [-0.2, -0.15) is 0 Å². The van der Waals surface area contributed by atoms with Crippen molar-refractivity contribution in [2.75, 3.05) is 13.3 Å². The molecule has 0 bridgehead atoms. The molecule has 122 valence electrons. The van der Waals surface area contributed by atoms with E-state index >= 15 is 0 Å². The summed E-state index contributed by atoms with van der Waals surface area (Å²) >= 11 is 11.9. The monoisotopic (exact) mass is 355 g/mol. The van der Waals surface area contributed by atoms with Crippen molar-refractivity contribution in [3.05, 3.63) is 63.6 Å². The van der Waals surface area contributed by atoms with E-state index in [0.29, 0.717) is 28.8 Å². The Morgan fingerprint density at radius 2 is 1.87 bits per heavy atom. The average Bonchev–Trinajstić information content (AvgIpc) is 2.55. The van der Waals surface area contributed by atoms with Crippen LogP contribution in [0.5, 0.6) is 5.75 Å². The predicted molar refractivity (Wildman–Crippen MR) is 91.4 cm³/mol. The van der Waals surface area contributed by atoms with Crippen LogP contribution in [-0.2, 0) is 11.4 Å². The smallest absolute Gasteiger partial charge is 0.143 e. The van der Waals surface area contributed by atoms with Crippen LogP contribution < -0.4 is 4.74 Å². The third-order valence-corrected chi connectivity index (χ3v) is 3.53. The number of oxime groups is 1.